The maximum atomic E-state index is 2.44. The van der Waals surface area contributed by atoms with E-state index in [9.17, 15) is 0 Å². The Morgan fingerprint density at radius 2 is 0.298 bits per heavy atom. The summed E-state index contributed by atoms with van der Waals surface area (Å²) in [5, 5.41) is 33.2. The zero-order chi connectivity index (χ0) is 80.0. The number of rotatable bonds is 12. The van der Waals surface area contributed by atoms with E-state index in [1.54, 1.807) is 0 Å². The average molecular weight is 1570 g/mol. The molecule has 0 amide bonds. The molecule has 18 rings (SSSR count). The Morgan fingerprint density at radius 1 is 0.132 bits per heavy atom. The van der Waals surface area contributed by atoms with Gasteiger partial charge in [0.2, 0.25) is 0 Å². The van der Waals surface area contributed by atoms with E-state index in [0.29, 0.717) is 0 Å². The molecule has 0 aromatic heterocycles. The first-order valence-electron chi connectivity index (χ1n) is 41.1. The summed E-state index contributed by atoms with van der Waals surface area (Å²) in [7, 11) is -8.40. The summed E-state index contributed by atoms with van der Waals surface area (Å²) in [6.45, 7) is 43.7. The van der Waals surface area contributed by atoms with Crippen LogP contribution in [0.5, 0.6) is 0 Å². The lowest BCUT2D eigenvalue weighted by Crippen LogP contribution is -2.38. The predicted molar refractivity (Wildman–Crippen MR) is 527 cm³/mol. The van der Waals surface area contributed by atoms with Crippen molar-refractivity contribution in [3.05, 3.63) is 328 Å². The van der Waals surface area contributed by atoms with E-state index in [2.05, 4.69) is 445 Å². The SMILES string of the molecule is C[Si](C)(C)c1ccc(-c2ccc(-c3ccc([Si](C)(C)C)c4ccccc34)c3ccccc23)c2ccccc12.C[Si](C)(C)c1ccc2cc(-c3ccc(-c4ccc([Si](C)(C)C)c5ccccc45)c4ccccc34)ccc2c1.C[Si](C)(C)c1ccc2cc(-c3ccc(-c4ccc5cc([Si](C)(C)C)ccc5c4)c4ccccc34)ccc2c1. The topological polar surface area (TPSA) is 0 Å². The third-order valence-electron chi connectivity index (χ3n) is 23.9. The van der Waals surface area contributed by atoms with Crippen molar-refractivity contribution in [1.82, 2.24) is 0 Å². The zero-order valence-corrected chi connectivity index (χ0v) is 76.2. The van der Waals surface area contributed by atoms with Crippen LogP contribution in [0.2, 0.25) is 118 Å². The van der Waals surface area contributed by atoms with Crippen molar-refractivity contribution in [3.8, 4) is 66.8 Å². The Balaban J connectivity index is 0.000000129. The minimum atomic E-state index is -1.47. The molecule has 0 spiro atoms. The van der Waals surface area contributed by atoms with Gasteiger partial charge in [0.25, 0.3) is 0 Å². The Kier molecular flexibility index (Phi) is 20.5. The van der Waals surface area contributed by atoms with E-state index < -0.39 is 48.4 Å². The first-order chi connectivity index (χ1) is 54.3. The van der Waals surface area contributed by atoms with Crippen molar-refractivity contribution >= 4 is 177 Å². The Bertz CT molecular complexity index is 6520. The fraction of sp³-hybridized carbons (Fsp3) is 0.167. The summed E-state index contributed by atoms with van der Waals surface area (Å²) in [5.41, 5.74) is 15.6. The van der Waals surface area contributed by atoms with E-state index in [1.165, 1.54) is 195 Å². The highest BCUT2D eigenvalue weighted by Crippen LogP contribution is 2.44. The number of hydrogen-bond donors (Lipinski definition) is 0. The molecule has 564 valence electrons. The molecule has 114 heavy (non-hydrogen) atoms. The molecule has 18 aromatic carbocycles. The number of hydrogen-bond acceptors (Lipinski definition) is 0. The van der Waals surface area contributed by atoms with Crippen LogP contribution in [0.3, 0.4) is 0 Å². The molecule has 18 aromatic rings. The van der Waals surface area contributed by atoms with Crippen LogP contribution in [0.15, 0.2) is 328 Å². The lowest BCUT2D eigenvalue weighted by atomic mass is 9.88. The van der Waals surface area contributed by atoms with Crippen molar-refractivity contribution in [2.75, 3.05) is 0 Å². The van der Waals surface area contributed by atoms with Crippen LogP contribution >= 0.6 is 0 Å². The summed E-state index contributed by atoms with van der Waals surface area (Å²) in [6, 6.07) is 124. The molecule has 0 nitrogen and oxygen atoms in total. The first kappa shape index (κ1) is 77.5. The second kappa shape index (κ2) is 30.1. The predicted octanol–water partition coefficient (Wildman–Crippen LogP) is 28.7. The van der Waals surface area contributed by atoms with Crippen molar-refractivity contribution in [1.29, 1.82) is 0 Å². The van der Waals surface area contributed by atoms with Crippen molar-refractivity contribution < 1.29 is 0 Å². The van der Waals surface area contributed by atoms with Crippen LogP contribution < -0.4 is 31.1 Å². The summed E-state index contributed by atoms with van der Waals surface area (Å²) in [4.78, 5) is 0. The molecular formula is C108H108Si6. The molecule has 0 aliphatic rings. The quantitative estimate of drug-likeness (QED) is 0.107. The molecule has 0 saturated carbocycles. The zero-order valence-electron chi connectivity index (χ0n) is 70.2. The molecule has 0 atom stereocenters. The third-order valence-corrected chi connectivity index (χ3v) is 36.2. The van der Waals surface area contributed by atoms with E-state index in [0.717, 1.165) is 0 Å². The van der Waals surface area contributed by atoms with Gasteiger partial charge in [-0.2, -0.15) is 0 Å². The van der Waals surface area contributed by atoms with E-state index in [-0.39, 0.29) is 0 Å². The Morgan fingerprint density at radius 3 is 0.509 bits per heavy atom. The number of benzene rings is 18. The molecule has 0 unspecified atom stereocenters. The maximum Gasteiger partial charge on any atom is 0.0784 e. The molecule has 0 aliphatic carbocycles. The van der Waals surface area contributed by atoms with Gasteiger partial charge < -0.3 is 0 Å². The highest BCUT2D eigenvalue weighted by molar-refractivity contribution is 6.92. The molecule has 0 aliphatic heterocycles. The van der Waals surface area contributed by atoms with Gasteiger partial charge >= 0.3 is 0 Å². The maximum absolute atomic E-state index is 2.44. The minimum Gasteiger partial charge on any atom is -0.0656 e. The van der Waals surface area contributed by atoms with Crippen LogP contribution in [0.4, 0.5) is 0 Å². The van der Waals surface area contributed by atoms with Gasteiger partial charge in [0.05, 0.1) is 48.4 Å². The monoisotopic (exact) mass is 1570 g/mol. The molecule has 0 saturated heterocycles. The lowest BCUT2D eigenvalue weighted by molar-refractivity contribution is 1.65. The fourth-order valence-corrected chi connectivity index (χ4v) is 25.9. The lowest BCUT2D eigenvalue weighted by Gasteiger charge is -2.22. The second-order valence-electron chi connectivity index (χ2n) is 38.1. The van der Waals surface area contributed by atoms with Gasteiger partial charge in [-0.15, -0.1) is 0 Å². The molecular weight excluding hydrogens is 1470 g/mol. The third kappa shape index (κ3) is 15.3. The minimum absolute atomic E-state index is 1.28. The van der Waals surface area contributed by atoms with Crippen molar-refractivity contribution in [3.63, 3.8) is 0 Å². The largest absolute Gasteiger partial charge is 0.0784 e. The summed E-state index contributed by atoms with van der Waals surface area (Å²) >= 11 is 0. The fourth-order valence-electron chi connectivity index (χ4n) is 17.6. The highest BCUT2D eigenvalue weighted by atomic mass is 28.3. The van der Waals surface area contributed by atoms with Gasteiger partial charge in [0, 0.05) is 0 Å². The molecule has 0 radical (unpaired) electrons. The average Bonchev–Trinajstić information content (AvgIpc) is 0.759. The van der Waals surface area contributed by atoms with Gasteiger partial charge in [0.15, 0.2) is 0 Å². The molecule has 0 N–H and O–H groups in total. The normalized spacial score (nSPS) is 12.5. The molecule has 0 heterocycles. The van der Waals surface area contributed by atoms with Crippen LogP contribution in [0.1, 0.15) is 0 Å². The molecule has 6 heteroatoms. The van der Waals surface area contributed by atoms with Crippen LogP contribution in [0, 0.1) is 0 Å². The van der Waals surface area contributed by atoms with Gasteiger partial charge in [0.1, 0.15) is 0 Å². The Hall–Kier alpha value is -10.4. The van der Waals surface area contributed by atoms with E-state index in [1.807, 2.05) is 0 Å². The summed E-state index contributed by atoms with van der Waals surface area (Å²) in [5.74, 6) is 0. The second-order valence-corrected chi connectivity index (χ2v) is 68.4. The van der Waals surface area contributed by atoms with Gasteiger partial charge in [-0.1, -0.05) is 458 Å². The van der Waals surface area contributed by atoms with Gasteiger partial charge in [-0.25, -0.2) is 0 Å². The Labute approximate surface area is 683 Å². The van der Waals surface area contributed by atoms with Gasteiger partial charge in [-0.05, 0) is 182 Å². The van der Waals surface area contributed by atoms with Crippen LogP contribution in [0.25, 0.3) is 164 Å². The molecule has 0 bridgehead atoms. The van der Waals surface area contributed by atoms with Crippen LogP contribution in [-0.4, -0.2) is 48.4 Å². The van der Waals surface area contributed by atoms with Crippen molar-refractivity contribution in [2.45, 2.75) is 118 Å². The first-order valence-corrected chi connectivity index (χ1v) is 62.1. The standard InChI is InChI=1S/3C36H36Si2/c1-37(2,3)35-23-21-31(27-15-9-11-17-33(27)35)29-19-20-30(26-14-8-7-13-25(26)29)32-22-24-36(38(4,5)6)34-18-12-10-16-28(32)34;1-37(2,3)28-18-17-25-23-27(16-15-26(25)24-28)29-19-20-33(31-12-8-7-11-30(29)31)34-21-22-36(38(4,5)6)35-14-10-9-13-32(34)35;1-37(2,3)31-17-15-25-21-29(13-11-27(25)23-31)33-19-20-34(36-10-8-7-9-35(33)36)30-14-12-28-24-32(38(4,5)6)18-16-26(28)22-30/h3*7-24H,1-6H3. The smallest absolute Gasteiger partial charge is 0.0656 e. The summed E-state index contributed by atoms with van der Waals surface area (Å²) < 4.78 is 0. The van der Waals surface area contributed by atoms with Crippen molar-refractivity contribution in [2.24, 2.45) is 0 Å². The van der Waals surface area contributed by atoms with E-state index in [4.69, 9.17) is 0 Å². The van der Waals surface area contributed by atoms with Gasteiger partial charge in [-0.3, -0.25) is 0 Å². The molecule has 0 fully saturated rings. The summed E-state index contributed by atoms with van der Waals surface area (Å²) in [6.07, 6.45) is 0. The number of fused-ring (bicyclic) bond motifs is 9. The van der Waals surface area contributed by atoms with E-state index >= 15 is 0 Å². The van der Waals surface area contributed by atoms with Crippen LogP contribution in [-0.2, 0) is 0 Å². The highest BCUT2D eigenvalue weighted by Gasteiger charge is 2.27.